The minimum Gasteiger partial charge on any atom is -0.494 e. The summed E-state index contributed by atoms with van der Waals surface area (Å²) in [5.74, 6) is -7.89. The third kappa shape index (κ3) is 26.3. The third-order valence-electron chi connectivity index (χ3n) is 16.6. The molecule has 0 unspecified atom stereocenters. The monoisotopic (exact) mass is 1290 g/mol. The number of likely N-dealkylation sites (tertiary alicyclic amines) is 2. The van der Waals surface area contributed by atoms with Gasteiger partial charge in [0, 0.05) is 116 Å². The van der Waals surface area contributed by atoms with Crippen LogP contribution in [-0.4, -0.2) is 259 Å². The number of nitrogens with zero attached hydrogens (tertiary/aromatic N) is 8. The van der Waals surface area contributed by atoms with Gasteiger partial charge in [-0.05, 0) is 100 Å². The van der Waals surface area contributed by atoms with Crippen LogP contribution in [0, 0.1) is 24.2 Å². The maximum Gasteiger partial charge on any atom is 0.317 e. The Balaban J connectivity index is 0.918. The van der Waals surface area contributed by atoms with Gasteiger partial charge in [-0.25, -0.2) is 8.78 Å². The lowest BCUT2D eigenvalue weighted by atomic mass is 9.92. The number of ether oxygens (including phenoxy) is 2. The summed E-state index contributed by atoms with van der Waals surface area (Å²) in [5, 5.41) is 49.7. The predicted octanol–water partition coefficient (Wildman–Crippen LogP) is 2.61. The number of alkyl halides is 2. The number of carboxylic acids is 3. The van der Waals surface area contributed by atoms with Crippen LogP contribution in [-0.2, 0) is 49.5 Å². The fraction of sp³-hybridized carbons (Fsp3) is 0.609. The van der Waals surface area contributed by atoms with Crippen molar-refractivity contribution in [1.29, 1.82) is 5.26 Å². The van der Waals surface area contributed by atoms with Crippen LogP contribution in [0.4, 0.5) is 8.78 Å². The van der Waals surface area contributed by atoms with Crippen LogP contribution in [0.15, 0.2) is 54.7 Å². The van der Waals surface area contributed by atoms with Crippen molar-refractivity contribution in [3.8, 4) is 11.8 Å². The second-order valence-corrected chi connectivity index (χ2v) is 23.9. The Morgan fingerprint density at radius 1 is 0.685 bits per heavy atom. The molecule has 6 rings (SSSR count). The van der Waals surface area contributed by atoms with Gasteiger partial charge in [0.1, 0.15) is 17.8 Å². The number of carbonyl (C=O) groups is 9. The molecule has 1 aromatic heterocycles. The van der Waals surface area contributed by atoms with Crippen molar-refractivity contribution in [2.24, 2.45) is 5.92 Å². The lowest BCUT2D eigenvalue weighted by Gasteiger charge is -2.33. The van der Waals surface area contributed by atoms with Gasteiger partial charge in [-0.3, -0.25) is 67.7 Å². The maximum atomic E-state index is 13.9. The Hall–Kier alpha value is -7.97. The van der Waals surface area contributed by atoms with Crippen LogP contribution in [0.2, 0.25) is 0 Å². The number of aliphatic carboxylic acids is 3. The third-order valence-corrected chi connectivity index (χ3v) is 16.6. The van der Waals surface area contributed by atoms with Gasteiger partial charge in [-0.2, -0.15) is 5.26 Å². The number of carboxylic acid groups (broad SMARTS) is 3. The first kappa shape index (κ1) is 73.1. The van der Waals surface area contributed by atoms with Crippen LogP contribution >= 0.6 is 0 Å². The van der Waals surface area contributed by atoms with Crippen molar-refractivity contribution in [2.75, 3.05) is 138 Å². The van der Waals surface area contributed by atoms with Crippen molar-refractivity contribution in [3.63, 3.8) is 0 Å². The number of rotatable bonds is 34. The van der Waals surface area contributed by atoms with E-state index >= 15 is 0 Å². The highest BCUT2D eigenvalue weighted by molar-refractivity contribution is 6.07. The number of unbranched alkanes of at least 4 members (excludes halogenated alkanes) is 2. The molecule has 3 aliphatic heterocycles. The number of nitriles is 1. The Kier molecular flexibility index (Phi) is 30.3. The van der Waals surface area contributed by atoms with E-state index < -0.39 is 79.1 Å². The average Bonchev–Trinajstić information content (AvgIpc) is 1.30. The Bertz CT molecular complexity index is 2950. The van der Waals surface area contributed by atoms with Gasteiger partial charge in [0.2, 0.25) is 29.5 Å². The first-order chi connectivity index (χ1) is 44.1. The Morgan fingerprint density at radius 3 is 1.93 bits per heavy atom. The minimum absolute atomic E-state index is 0.0643. The molecule has 0 aliphatic carbocycles. The van der Waals surface area contributed by atoms with E-state index in [4.69, 9.17) is 9.47 Å². The van der Waals surface area contributed by atoms with Gasteiger partial charge in [0.05, 0.1) is 69.6 Å². The van der Waals surface area contributed by atoms with Crippen LogP contribution in [0.5, 0.6) is 5.75 Å². The number of aromatic nitrogens is 1. The zero-order valence-electron chi connectivity index (χ0n) is 52.6. The van der Waals surface area contributed by atoms with Gasteiger partial charge in [-0.1, -0.05) is 36.2 Å². The van der Waals surface area contributed by atoms with E-state index in [1.165, 1.54) is 12.3 Å². The second kappa shape index (κ2) is 38.1. The number of aryl methyl sites for hydroxylation is 2. The average molecular weight is 1290 g/mol. The fourth-order valence-electron chi connectivity index (χ4n) is 11.4. The van der Waals surface area contributed by atoms with Gasteiger partial charge >= 0.3 is 17.9 Å². The Labute approximate surface area is 535 Å². The SMILES string of the molecule is Cc1ccc(CCCC(=O)NCCOCC[C@H](NC(=O)CN2CCN(CC(=O)O)CCN(CC(=O)O)CCN(CC(=O)O)CC2)C(=O)NCCCCCC(=O)N2CCC(CCCOc3ccc4nccc(C(=O)NCC(=O)N5CC(F)(F)C[C@@H]5C#N)c4c3)CC2)cc1. The first-order valence-electron chi connectivity index (χ1n) is 31.8. The molecule has 3 aliphatic rings. The number of amides is 6. The topological polar surface area (TPSA) is 337 Å². The molecule has 0 radical (unpaired) electrons. The molecule has 26 nitrogen and oxygen atoms in total. The molecule has 3 aromatic rings. The summed E-state index contributed by atoms with van der Waals surface area (Å²) in [7, 11) is 0. The summed E-state index contributed by atoms with van der Waals surface area (Å²) >= 11 is 0. The van der Waals surface area contributed by atoms with Gasteiger partial charge in [-0.15, -0.1) is 0 Å². The molecular formula is C64H90F2N12O14. The number of piperidine rings is 1. The highest BCUT2D eigenvalue weighted by atomic mass is 19.3. The minimum atomic E-state index is -3.18. The van der Waals surface area contributed by atoms with Crippen molar-refractivity contribution in [1.82, 2.24) is 55.7 Å². The quantitative estimate of drug-likeness (QED) is 0.0423. The lowest BCUT2D eigenvalue weighted by Crippen LogP contribution is -2.52. The van der Waals surface area contributed by atoms with Gasteiger partial charge < -0.3 is 55.9 Å². The number of hydrogen-bond acceptors (Lipinski definition) is 17. The summed E-state index contributed by atoms with van der Waals surface area (Å²) in [6.07, 6.45) is 8.10. The number of carbonyl (C=O) groups excluding carboxylic acids is 6. The normalized spacial score (nSPS) is 17.6. The number of hydrogen-bond donors (Lipinski definition) is 7. The van der Waals surface area contributed by atoms with Crippen LogP contribution in [0.25, 0.3) is 10.9 Å². The van der Waals surface area contributed by atoms with Crippen molar-refractivity contribution in [2.45, 2.75) is 108 Å². The largest absolute Gasteiger partial charge is 0.494 e. The van der Waals surface area contributed by atoms with Crippen molar-refractivity contribution < 1.29 is 76.7 Å². The molecule has 92 heavy (non-hydrogen) atoms. The fourth-order valence-corrected chi connectivity index (χ4v) is 11.4. The zero-order chi connectivity index (χ0) is 66.4. The highest BCUT2D eigenvalue weighted by Gasteiger charge is 2.47. The first-order valence-corrected chi connectivity index (χ1v) is 31.8. The molecule has 0 saturated carbocycles. The van der Waals surface area contributed by atoms with Crippen LogP contribution < -0.4 is 26.0 Å². The summed E-state index contributed by atoms with van der Waals surface area (Å²) in [6, 6.07) is 14.2. The van der Waals surface area contributed by atoms with E-state index in [2.05, 4.69) is 26.3 Å². The molecule has 504 valence electrons. The lowest BCUT2D eigenvalue weighted by molar-refractivity contribution is -0.140. The number of benzene rings is 2. The van der Waals surface area contributed by atoms with Crippen molar-refractivity contribution in [3.05, 3.63) is 71.4 Å². The van der Waals surface area contributed by atoms with Crippen LogP contribution in [0.3, 0.4) is 0 Å². The molecule has 3 fully saturated rings. The molecular weight excluding hydrogens is 1200 g/mol. The van der Waals surface area contributed by atoms with E-state index in [1.807, 2.05) is 36.1 Å². The molecule has 2 aromatic carbocycles. The van der Waals surface area contributed by atoms with E-state index in [0.29, 0.717) is 80.8 Å². The molecule has 7 N–H and O–H groups in total. The van der Waals surface area contributed by atoms with Crippen LogP contribution in [0.1, 0.15) is 98.5 Å². The molecule has 4 heterocycles. The Morgan fingerprint density at radius 2 is 1.32 bits per heavy atom. The molecule has 3 saturated heterocycles. The number of nitrogens with one attached hydrogen (secondary N) is 4. The molecule has 28 heteroatoms. The molecule has 6 amide bonds. The van der Waals surface area contributed by atoms with Gasteiger partial charge in [0.15, 0.2) is 0 Å². The second-order valence-electron chi connectivity index (χ2n) is 23.9. The number of fused-ring (bicyclic) bond motifs is 1. The summed E-state index contributed by atoms with van der Waals surface area (Å²) in [4.78, 5) is 128. The maximum absolute atomic E-state index is 13.9. The summed E-state index contributed by atoms with van der Waals surface area (Å²) in [5.41, 5.74) is 3.04. The smallest absolute Gasteiger partial charge is 0.317 e. The van der Waals surface area contributed by atoms with Crippen molar-refractivity contribution >= 4 is 64.3 Å². The standard InChI is InChI=1S/C64H90F2N12O14/c1-46-11-13-47(14-12-46)7-5-9-55(79)69-23-36-91-35-20-54(72-56(80)41-73-26-28-74(42-59(83)84)30-32-76(44-61(87)88)33-31-75(29-27-73)43-60(85)86)63(90)70-21-4-2-3-10-57(81)77-24-18-48(19-25-77)8-6-34-92-50-15-16-53-52(37-50)51(17-22-68-53)62(89)71-40-58(82)78-45-64(65,66)38-49(78)39-67/h11-17,22,37,48-49,54H,2-10,18-21,23-36,38,40-45H2,1H3,(H,69,79)(H,70,90)(H,71,89)(H,72,80)(H,83,84)(H,85,86)(H,87,88)/t49-,54+/m1/s1. The van der Waals surface area contributed by atoms with E-state index in [0.717, 1.165) is 48.1 Å². The summed E-state index contributed by atoms with van der Waals surface area (Å²) in [6.45, 7) is 3.52. The van der Waals surface area contributed by atoms with Gasteiger partial charge in [0.25, 0.3) is 11.8 Å². The predicted molar refractivity (Wildman–Crippen MR) is 333 cm³/mol. The highest BCUT2D eigenvalue weighted by Crippen LogP contribution is 2.32. The molecule has 2 atom stereocenters. The summed E-state index contributed by atoms with van der Waals surface area (Å²) < 4.78 is 39.7. The van der Waals surface area contributed by atoms with E-state index in [-0.39, 0.29) is 129 Å². The number of pyridine rings is 1. The number of halogens is 2. The molecule has 0 spiro atoms. The molecule has 0 bridgehead atoms. The van der Waals surface area contributed by atoms with E-state index in [9.17, 15) is 72.5 Å². The van der Waals surface area contributed by atoms with E-state index in [1.54, 1.807) is 43.9 Å². The zero-order valence-corrected chi connectivity index (χ0v) is 52.6.